The predicted octanol–water partition coefficient (Wildman–Crippen LogP) is 4.82. The lowest BCUT2D eigenvalue weighted by Gasteiger charge is -2.12. The first-order chi connectivity index (χ1) is 13.5. The van der Waals surface area contributed by atoms with Gasteiger partial charge in [-0.15, -0.1) is 11.3 Å². The van der Waals surface area contributed by atoms with Crippen LogP contribution in [-0.2, 0) is 16.1 Å². The van der Waals surface area contributed by atoms with Gasteiger partial charge in [0.2, 0.25) is 5.76 Å². The summed E-state index contributed by atoms with van der Waals surface area (Å²) in [6, 6.07) is 15.6. The minimum Gasteiger partial charge on any atom is -0.448 e. The Kier molecular flexibility index (Phi) is 4.88. The highest BCUT2D eigenvalue weighted by molar-refractivity contribution is 7.09. The summed E-state index contributed by atoms with van der Waals surface area (Å²) in [5.74, 6) is -0.859. The number of esters is 1. The van der Waals surface area contributed by atoms with Crippen molar-refractivity contribution in [3.63, 3.8) is 0 Å². The number of amides is 1. The van der Waals surface area contributed by atoms with Gasteiger partial charge in [0.1, 0.15) is 5.58 Å². The molecular weight excluding hydrogens is 374 g/mol. The van der Waals surface area contributed by atoms with E-state index in [9.17, 15) is 9.59 Å². The molecule has 0 radical (unpaired) electrons. The van der Waals surface area contributed by atoms with Gasteiger partial charge < -0.3 is 14.5 Å². The summed E-state index contributed by atoms with van der Waals surface area (Å²) in [6.07, 6.45) is -0.920. The second-order valence-corrected chi connectivity index (χ2v) is 7.60. The fraction of sp³-hybridized carbons (Fsp3) is 0.182. The summed E-state index contributed by atoms with van der Waals surface area (Å²) in [4.78, 5) is 25.9. The van der Waals surface area contributed by atoms with Crippen molar-refractivity contribution in [2.75, 3.05) is 0 Å². The van der Waals surface area contributed by atoms with Crippen LogP contribution < -0.4 is 5.32 Å². The topological polar surface area (TPSA) is 68.5 Å². The number of hydrogen-bond acceptors (Lipinski definition) is 5. The van der Waals surface area contributed by atoms with Crippen molar-refractivity contribution in [1.29, 1.82) is 0 Å². The number of hydrogen-bond donors (Lipinski definition) is 1. The summed E-state index contributed by atoms with van der Waals surface area (Å²) in [6.45, 7) is 3.78. The number of rotatable bonds is 5. The van der Waals surface area contributed by atoms with E-state index in [4.69, 9.17) is 9.15 Å². The van der Waals surface area contributed by atoms with Crippen molar-refractivity contribution in [2.24, 2.45) is 0 Å². The van der Waals surface area contributed by atoms with Crippen molar-refractivity contribution in [3.8, 4) is 0 Å². The van der Waals surface area contributed by atoms with Crippen LogP contribution in [-0.4, -0.2) is 18.0 Å². The van der Waals surface area contributed by atoms with Gasteiger partial charge in [-0.3, -0.25) is 4.79 Å². The number of fused-ring (bicyclic) bond motifs is 3. The number of ether oxygens (including phenoxy) is 1. The second-order valence-electron chi connectivity index (χ2n) is 6.56. The second kappa shape index (κ2) is 7.48. The van der Waals surface area contributed by atoms with Crippen LogP contribution in [0.25, 0.3) is 21.7 Å². The number of nitrogens with one attached hydrogen (secondary N) is 1. The molecule has 0 fully saturated rings. The molecule has 1 N–H and O–H groups in total. The molecule has 0 spiro atoms. The first-order valence-corrected chi connectivity index (χ1v) is 9.84. The molecule has 0 aliphatic heterocycles. The lowest BCUT2D eigenvalue weighted by atomic mass is 10.1. The largest absolute Gasteiger partial charge is 0.448 e. The Morgan fingerprint density at radius 3 is 2.71 bits per heavy atom. The highest BCUT2D eigenvalue weighted by Crippen LogP contribution is 2.32. The summed E-state index contributed by atoms with van der Waals surface area (Å²) in [5.41, 5.74) is 1.36. The molecule has 2 aromatic heterocycles. The van der Waals surface area contributed by atoms with Gasteiger partial charge in [0.15, 0.2) is 6.10 Å². The van der Waals surface area contributed by atoms with Crippen LogP contribution in [0.1, 0.15) is 27.9 Å². The van der Waals surface area contributed by atoms with Crippen LogP contribution in [0, 0.1) is 6.92 Å². The molecule has 5 nitrogen and oxygen atoms in total. The number of carbonyl (C=O) groups is 2. The molecule has 0 aliphatic rings. The van der Waals surface area contributed by atoms with Crippen LogP contribution in [0.15, 0.2) is 58.3 Å². The number of benzene rings is 2. The average Bonchev–Trinajstić information content (AvgIpc) is 3.34. The zero-order valence-electron chi connectivity index (χ0n) is 15.5. The fourth-order valence-electron chi connectivity index (χ4n) is 3.14. The minimum absolute atomic E-state index is 0.129. The van der Waals surface area contributed by atoms with Crippen LogP contribution in [0.2, 0.25) is 0 Å². The van der Waals surface area contributed by atoms with Gasteiger partial charge in [-0.05, 0) is 30.7 Å². The van der Waals surface area contributed by atoms with E-state index in [2.05, 4.69) is 5.32 Å². The van der Waals surface area contributed by atoms with Gasteiger partial charge in [0.05, 0.1) is 6.54 Å². The summed E-state index contributed by atoms with van der Waals surface area (Å²) >= 11 is 1.56. The highest BCUT2D eigenvalue weighted by atomic mass is 32.1. The number of carbonyl (C=O) groups excluding carboxylic acids is 2. The molecule has 6 heteroatoms. The zero-order valence-corrected chi connectivity index (χ0v) is 16.3. The van der Waals surface area contributed by atoms with Crippen molar-refractivity contribution < 1.29 is 18.7 Å². The Morgan fingerprint density at radius 2 is 1.93 bits per heavy atom. The number of furan rings is 1. The quantitative estimate of drug-likeness (QED) is 0.494. The maximum absolute atomic E-state index is 12.6. The average molecular weight is 393 g/mol. The molecule has 142 valence electrons. The molecular formula is C22H19NO4S. The third-order valence-corrected chi connectivity index (χ3v) is 5.56. The van der Waals surface area contributed by atoms with E-state index in [-0.39, 0.29) is 11.7 Å². The summed E-state index contributed by atoms with van der Waals surface area (Å²) in [7, 11) is 0. The predicted molar refractivity (Wildman–Crippen MR) is 110 cm³/mol. The van der Waals surface area contributed by atoms with E-state index in [1.807, 2.05) is 60.8 Å². The Balaban J connectivity index is 1.52. The molecule has 1 amide bonds. The van der Waals surface area contributed by atoms with Crippen LogP contribution >= 0.6 is 11.3 Å². The van der Waals surface area contributed by atoms with Crippen LogP contribution in [0.4, 0.5) is 0 Å². The monoisotopic (exact) mass is 393 g/mol. The molecule has 0 bridgehead atoms. The van der Waals surface area contributed by atoms with E-state index in [1.165, 1.54) is 0 Å². The Morgan fingerprint density at radius 1 is 1.11 bits per heavy atom. The molecule has 4 rings (SSSR count). The Labute approximate surface area is 165 Å². The summed E-state index contributed by atoms with van der Waals surface area (Å²) in [5, 5.41) is 7.54. The molecule has 28 heavy (non-hydrogen) atoms. The minimum atomic E-state index is -0.920. The molecule has 0 unspecified atom stereocenters. The first kappa shape index (κ1) is 18.3. The zero-order chi connectivity index (χ0) is 19.7. The smallest absolute Gasteiger partial charge is 0.375 e. The van der Waals surface area contributed by atoms with Crippen molar-refractivity contribution in [3.05, 3.63) is 70.1 Å². The third-order valence-electron chi connectivity index (χ3n) is 4.68. The Bertz CT molecular complexity index is 1160. The van der Waals surface area contributed by atoms with E-state index in [1.54, 1.807) is 18.3 Å². The molecule has 0 saturated heterocycles. The molecule has 1 atom stereocenters. The van der Waals surface area contributed by atoms with E-state index < -0.39 is 12.1 Å². The standard InChI is InChI=1S/C22H19NO4S/c1-13-17-10-9-15-6-3-4-8-18(15)20(17)27-19(13)22(25)26-14(2)21(24)23-12-16-7-5-11-28-16/h3-11,14H,12H2,1-2H3,(H,23,24)/t14-/m0/s1. The molecule has 0 aliphatic carbocycles. The van der Waals surface area contributed by atoms with Gasteiger partial charge >= 0.3 is 5.97 Å². The van der Waals surface area contributed by atoms with Gasteiger partial charge in [-0.1, -0.05) is 42.5 Å². The molecule has 2 heterocycles. The van der Waals surface area contributed by atoms with Gasteiger partial charge in [0, 0.05) is 21.2 Å². The van der Waals surface area contributed by atoms with Crippen molar-refractivity contribution in [2.45, 2.75) is 26.5 Å². The normalized spacial score (nSPS) is 12.2. The molecule has 2 aromatic carbocycles. The van der Waals surface area contributed by atoms with Crippen LogP contribution in [0.3, 0.4) is 0 Å². The van der Waals surface area contributed by atoms with Gasteiger partial charge in [0.25, 0.3) is 5.91 Å². The molecule has 4 aromatic rings. The van der Waals surface area contributed by atoms with Gasteiger partial charge in [-0.25, -0.2) is 4.79 Å². The highest BCUT2D eigenvalue weighted by Gasteiger charge is 2.24. The van der Waals surface area contributed by atoms with E-state index in [0.29, 0.717) is 17.7 Å². The maximum Gasteiger partial charge on any atom is 0.375 e. The Hall–Kier alpha value is -3.12. The fourth-order valence-corrected chi connectivity index (χ4v) is 3.79. The van der Waals surface area contributed by atoms with Crippen LogP contribution in [0.5, 0.6) is 0 Å². The molecule has 0 saturated carbocycles. The summed E-state index contributed by atoms with van der Waals surface area (Å²) < 4.78 is 11.2. The third kappa shape index (κ3) is 3.39. The lowest BCUT2D eigenvalue weighted by Crippen LogP contribution is -2.35. The van der Waals surface area contributed by atoms with Crippen molar-refractivity contribution in [1.82, 2.24) is 5.32 Å². The lowest BCUT2D eigenvalue weighted by molar-refractivity contribution is -0.129. The number of thiophene rings is 1. The first-order valence-electron chi connectivity index (χ1n) is 8.96. The van der Waals surface area contributed by atoms with Gasteiger partial charge in [-0.2, -0.15) is 0 Å². The van der Waals surface area contributed by atoms with E-state index in [0.717, 1.165) is 21.0 Å². The maximum atomic E-state index is 12.6. The SMILES string of the molecule is Cc1c(C(=O)O[C@@H](C)C(=O)NCc2cccs2)oc2c1ccc1ccccc12. The number of aryl methyl sites for hydroxylation is 1. The van der Waals surface area contributed by atoms with E-state index >= 15 is 0 Å². The van der Waals surface area contributed by atoms with Crippen molar-refractivity contribution >= 4 is 45.0 Å².